The highest BCUT2D eigenvalue weighted by Crippen LogP contribution is 1.85. The summed E-state index contributed by atoms with van der Waals surface area (Å²) in [5.41, 5.74) is 0.864. The molecule has 0 aliphatic heterocycles. The van der Waals surface area contributed by atoms with Gasteiger partial charge >= 0.3 is 5.70 Å². The van der Waals surface area contributed by atoms with E-state index in [-0.39, 0.29) is 5.70 Å². The Morgan fingerprint density at radius 3 is 2.58 bits per heavy atom. The standard InChI is InChI=1S/C7H6N5/c1-6-4-10-12(11-5-6)7(2-8)3-9/h4-5,8H,1H3/q+1. The van der Waals surface area contributed by atoms with Crippen molar-refractivity contribution in [1.29, 1.82) is 10.7 Å². The van der Waals surface area contributed by atoms with E-state index >= 15 is 0 Å². The summed E-state index contributed by atoms with van der Waals surface area (Å²) >= 11 is 0. The van der Waals surface area contributed by atoms with Gasteiger partial charge in [-0.1, -0.05) is 0 Å². The second-order valence-corrected chi connectivity index (χ2v) is 2.11. The molecule has 0 saturated carbocycles. The first-order valence-electron chi connectivity index (χ1n) is 3.19. The first-order chi connectivity index (χ1) is 5.77. The minimum Gasteiger partial charge on any atom is -0.252 e. The van der Waals surface area contributed by atoms with Gasteiger partial charge in [0.2, 0.25) is 0 Å². The number of nitriles is 1. The van der Waals surface area contributed by atoms with E-state index in [1.54, 1.807) is 18.5 Å². The van der Waals surface area contributed by atoms with E-state index in [0.717, 1.165) is 10.4 Å². The van der Waals surface area contributed by atoms with Crippen molar-refractivity contribution in [3.05, 3.63) is 18.0 Å². The van der Waals surface area contributed by atoms with Crippen LogP contribution in [0.1, 0.15) is 5.56 Å². The average Bonchev–Trinajstić information content (AvgIpc) is 2.10. The Hall–Kier alpha value is -2.05. The second-order valence-electron chi connectivity index (χ2n) is 2.11. The second kappa shape index (κ2) is 3.37. The normalized spacial score (nSPS) is 8.33. The lowest BCUT2D eigenvalue weighted by Gasteiger charge is -1.83. The highest BCUT2D eigenvalue weighted by atomic mass is 15.4. The molecule has 0 spiro atoms. The van der Waals surface area contributed by atoms with E-state index in [9.17, 15) is 0 Å². The van der Waals surface area contributed by atoms with Crippen molar-refractivity contribution in [3.63, 3.8) is 0 Å². The van der Waals surface area contributed by atoms with E-state index in [2.05, 4.69) is 10.2 Å². The Bertz CT molecular complexity index is 366. The summed E-state index contributed by atoms with van der Waals surface area (Å²) in [6.07, 6.45) is 3.11. The van der Waals surface area contributed by atoms with Crippen LogP contribution in [-0.4, -0.2) is 16.1 Å². The van der Waals surface area contributed by atoms with Crippen LogP contribution in [0.5, 0.6) is 0 Å². The van der Waals surface area contributed by atoms with Crippen molar-refractivity contribution >= 4 is 11.6 Å². The van der Waals surface area contributed by atoms with E-state index in [1.165, 1.54) is 0 Å². The molecular weight excluding hydrogens is 154 g/mol. The van der Waals surface area contributed by atoms with Gasteiger partial charge in [-0.2, -0.15) is 5.26 Å². The molecule has 0 aliphatic carbocycles. The third kappa shape index (κ3) is 1.51. The van der Waals surface area contributed by atoms with E-state index in [4.69, 9.17) is 10.7 Å². The molecule has 0 atom stereocenters. The van der Waals surface area contributed by atoms with Gasteiger partial charge in [-0.15, -0.1) is 0 Å². The molecule has 0 amide bonds. The number of nitrogens with one attached hydrogen (secondary N) is 1. The van der Waals surface area contributed by atoms with Crippen LogP contribution in [0, 0.1) is 23.7 Å². The highest BCUT2D eigenvalue weighted by Gasteiger charge is 2.12. The van der Waals surface area contributed by atoms with Crippen LogP contribution < -0.4 is 4.80 Å². The molecule has 5 nitrogen and oxygen atoms in total. The minimum absolute atomic E-state index is 0.0324. The average molecular weight is 160 g/mol. The van der Waals surface area contributed by atoms with Gasteiger partial charge in [0.25, 0.3) is 0 Å². The number of allylic oxidation sites excluding steroid dienone is 1. The molecule has 0 aliphatic rings. The van der Waals surface area contributed by atoms with Gasteiger partial charge in [0.05, 0.1) is 10.7 Å². The maximum absolute atomic E-state index is 8.48. The maximum Gasteiger partial charge on any atom is 0.405 e. The molecule has 0 fully saturated rings. The molecule has 1 N–H and O–H groups in total. The molecule has 0 radical (unpaired) electrons. The van der Waals surface area contributed by atoms with Crippen molar-refractivity contribution in [2.75, 3.05) is 0 Å². The number of nitrogens with zero attached hydrogens (tertiary/aromatic N) is 4. The van der Waals surface area contributed by atoms with Gasteiger partial charge in [0.1, 0.15) is 12.4 Å². The molecule has 0 aromatic carbocycles. The minimum atomic E-state index is -0.0324. The van der Waals surface area contributed by atoms with Gasteiger partial charge in [-0.25, -0.2) is 0 Å². The molecular formula is C7H6N5+. The summed E-state index contributed by atoms with van der Waals surface area (Å²) in [5.74, 6) is 1.93. The molecule has 1 aromatic heterocycles. The van der Waals surface area contributed by atoms with Crippen molar-refractivity contribution in [2.45, 2.75) is 6.92 Å². The van der Waals surface area contributed by atoms with Crippen LogP contribution in [0.3, 0.4) is 0 Å². The lowest BCUT2D eigenvalue weighted by Crippen LogP contribution is -2.40. The number of hydrogen-bond donors (Lipinski definition) is 1. The van der Waals surface area contributed by atoms with Gasteiger partial charge in [0, 0.05) is 10.2 Å². The summed E-state index contributed by atoms with van der Waals surface area (Å²) in [7, 11) is 0. The summed E-state index contributed by atoms with van der Waals surface area (Å²) in [5, 5.41) is 22.8. The summed E-state index contributed by atoms with van der Waals surface area (Å²) in [6.45, 7) is 1.84. The van der Waals surface area contributed by atoms with Crippen LogP contribution >= 0.6 is 0 Å². The monoisotopic (exact) mass is 160 g/mol. The fourth-order valence-electron chi connectivity index (χ4n) is 0.593. The predicted octanol–water partition coefficient (Wildman–Crippen LogP) is -0.315. The van der Waals surface area contributed by atoms with Gasteiger partial charge in [0.15, 0.2) is 6.07 Å². The summed E-state index contributed by atoms with van der Waals surface area (Å²) < 4.78 is 0. The number of aryl methyl sites for hydroxylation is 1. The topological polar surface area (TPSA) is 77.3 Å². The zero-order valence-electron chi connectivity index (χ0n) is 6.44. The number of hydrogen-bond acceptors (Lipinski definition) is 4. The molecule has 1 aromatic rings. The van der Waals surface area contributed by atoms with E-state index in [0.29, 0.717) is 0 Å². The quantitative estimate of drug-likeness (QED) is 0.347. The predicted molar refractivity (Wildman–Crippen MR) is 40.0 cm³/mol. The van der Waals surface area contributed by atoms with Crippen LogP contribution in [0.2, 0.25) is 0 Å². The van der Waals surface area contributed by atoms with Gasteiger partial charge < -0.3 is 0 Å². The van der Waals surface area contributed by atoms with Crippen LogP contribution in [0.4, 0.5) is 0 Å². The largest absolute Gasteiger partial charge is 0.405 e. The third-order valence-electron chi connectivity index (χ3n) is 1.17. The Kier molecular flexibility index (Phi) is 2.26. The Morgan fingerprint density at radius 2 is 2.17 bits per heavy atom. The zero-order chi connectivity index (χ0) is 8.97. The van der Waals surface area contributed by atoms with Gasteiger partial charge in [-0.3, -0.25) is 5.41 Å². The Morgan fingerprint density at radius 1 is 1.58 bits per heavy atom. The van der Waals surface area contributed by atoms with E-state index < -0.39 is 0 Å². The molecule has 1 heterocycles. The fourth-order valence-corrected chi connectivity index (χ4v) is 0.593. The van der Waals surface area contributed by atoms with Crippen LogP contribution in [0.25, 0.3) is 5.70 Å². The number of aromatic nitrogens is 3. The van der Waals surface area contributed by atoms with Crippen molar-refractivity contribution in [3.8, 4) is 6.07 Å². The third-order valence-corrected chi connectivity index (χ3v) is 1.17. The van der Waals surface area contributed by atoms with Crippen LogP contribution in [0.15, 0.2) is 12.4 Å². The summed E-state index contributed by atoms with van der Waals surface area (Å²) in [6, 6.07) is 1.74. The molecule has 0 unspecified atom stereocenters. The Labute approximate surface area is 69.1 Å². The maximum atomic E-state index is 8.48. The highest BCUT2D eigenvalue weighted by molar-refractivity contribution is 5.80. The lowest BCUT2D eigenvalue weighted by molar-refractivity contribution is -0.702. The van der Waals surface area contributed by atoms with Crippen molar-refractivity contribution < 1.29 is 4.80 Å². The van der Waals surface area contributed by atoms with Gasteiger partial charge in [-0.05, 0) is 12.5 Å². The lowest BCUT2D eigenvalue weighted by atomic mass is 10.4. The fraction of sp³-hybridized carbons (Fsp3) is 0.143. The Balaban J connectivity index is 3.15. The first-order valence-corrected chi connectivity index (χ1v) is 3.19. The first kappa shape index (κ1) is 8.05. The molecule has 0 bridgehead atoms. The molecule has 0 saturated heterocycles. The smallest absolute Gasteiger partial charge is 0.252 e. The van der Waals surface area contributed by atoms with Crippen molar-refractivity contribution in [2.24, 2.45) is 0 Å². The molecule has 5 heteroatoms. The number of rotatable bonds is 1. The zero-order valence-corrected chi connectivity index (χ0v) is 6.44. The SMILES string of the molecule is Cc1cn[n+](C(=C=N)C#N)nc1. The molecule has 12 heavy (non-hydrogen) atoms. The van der Waals surface area contributed by atoms with Crippen LogP contribution in [-0.2, 0) is 0 Å². The van der Waals surface area contributed by atoms with E-state index in [1.807, 2.05) is 12.8 Å². The van der Waals surface area contributed by atoms with Crippen molar-refractivity contribution in [1.82, 2.24) is 10.2 Å². The molecule has 1 rings (SSSR count). The summed E-state index contributed by atoms with van der Waals surface area (Å²) in [4.78, 5) is 1.06. The molecule has 58 valence electrons.